The lowest BCUT2D eigenvalue weighted by Crippen LogP contribution is -2.05. The number of fused-ring (bicyclic) bond motifs is 3. The summed E-state index contributed by atoms with van der Waals surface area (Å²) in [5.41, 5.74) is 2.66. The maximum Gasteiger partial charge on any atom is 0.229 e. The molecule has 2 aromatic carbocycles. The second kappa shape index (κ2) is 7.33. The number of aryl methyl sites for hydroxylation is 1. The molecule has 0 amide bonds. The molecular weight excluding hydrogens is 434 g/mol. The molecule has 0 fully saturated rings. The molecule has 0 spiro atoms. The van der Waals surface area contributed by atoms with Crippen LogP contribution in [-0.4, -0.2) is 35.3 Å². The molecule has 0 atom stereocenters. The van der Waals surface area contributed by atoms with E-state index in [2.05, 4.69) is 20.6 Å². The van der Waals surface area contributed by atoms with Crippen molar-refractivity contribution in [1.29, 1.82) is 0 Å². The van der Waals surface area contributed by atoms with E-state index in [0.29, 0.717) is 5.82 Å². The van der Waals surface area contributed by atoms with Crippen molar-refractivity contribution in [3.63, 3.8) is 0 Å². The summed E-state index contributed by atoms with van der Waals surface area (Å²) in [5.74, 6) is 1.27. The molecule has 156 valence electrons. The average Bonchev–Trinajstić information content (AvgIpc) is 3.42. The fraction of sp³-hybridized carbons (Fsp3) is 0.0952. The SMILES string of the molecule is COc1ccc(Nc2nc3c(S(=O)(=O)c4ccc(C)cc4)nnn3c3ccsc23)cc1. The van der Waals surface area contributed by atoms with Crippen molar-refractivity contribution in [1.82, 2.24) is 19.8 Å². The van der Waals surface area contributed by atoms with Crippen molar-refractivity contribution < 1.29 is 13.2 Å². The number of nitrogens with zero attached hydrogens (tertiary/aromatic N) is 4. The maximum absolute atomic E-state index is 13.2. The van der Waals surface area contributed by atoms with Gasteiger partial charge in [-0.25, -0.2) is 13.4 Å². The minimum atomic E-state index is -3.89. The molecule has 0 aliphatic rings. The van der Waals surface area contributed by atoms with Crippen LogP contribution < -0.4 is 10.1 Å². The van der Waals surface area contributed by atoms with E-state index in [0.717, 1.165) is 27.2 Å². The zero-order chi connectivity index (χ0) is 21.6. The van der Waals surface area contributed by atoms with E-state index < -0.39 is 9.84 Å². The van der Waals surface area contributed by atoms with E-state index >= 15 is 0 Å². The summed E-state index contributed by atoms with van der Waals surface area (Å²) in [6, 6.07) is 15.9. The zero-order valence-corrected chi connectivity index (χ0v) is 18.2. The Morgan fingerprint density at radius 3 is 2.48 bits per heavy atom. The second-order valence-electron chi connectivity index (χ2n) is 6.90. The van der Waals surface area contributed by atoms with Crippen molar-refractivity contribution in [3.8, 4) is 5.75 Å². The maximum atomic E-state index is 13.2. The Labute approximate surface area is 182 Å². The average molecular weight is 452 g/mol. The van der Waals surface area contributed by atoms with Gasteiger partial charge in [-0.05, 0) is 54.8 Å². The number of benzene rings is 2. The van der Waals surface area contributed by atoms with Crippen molar-refractivity contribution in [2.24, 2.45) is 0 Å². The van der Waals surface area contributed by atoms with Crippen LogP contribution in [0.3, 0.4) is 0 Å². The molecule has 8 nitrogen and oxygen atoms in total. The Morgan fingerprint density at radius 2 is 1.77 bits per heavy atom. The summed E-state index contributed by atoms with van der Waals surface area (Å²) in [5, 5.41) is 13.1. The third-order valence-electron chi connectivity index (χ3n) is 4.86. The zero-order valence-electron chi connectivity index (χ0n) is 16.6. The van der Waals surface area contributed by atoms with Crippen LogP contribution in [0.15, 0.2) is 69.9 Å². The number of ether oxygens (including phenoxy) is 1. The van der Waals surface area contributed by atoms with Gasteiger partial charge < -0.3 is 10.1 Å². The van der Waals surface area contributed by atoms with Gasteiger partial charge in [0.1, 0.15) is 5.75 Å². The minimum absolute atomic E-state index is 0.150. The number of hydrogen-bond acceptors (Lipinski definition) is 8. The van der Waals surface area contributed by atoms with Gasteiger partial charge >= 0.3 is 0 Å². The number of hydrogen-bond donors (Lipinski definition) is 1. The molecule has 0 saturated heterocycles. The van der Waals surface area contributed by atoms with E-state index in [1.54, 1.807) is 31.4 Å². The third-order valence-corrected chi connectivity index (χ3v) is 7.44. The van der Waals surface area contributed by atoms with Crippen molar-refractivity contribution in [2.75, 3.05) is 12.4 Å². The highest BCUT2D eigenvalue weighted by atomic mass is 32.2. The third kappa shape index (κ3) is 3.29. The summed E-state index contributed by atoms with van der Waals surface area (Å²) < 4.78 is 34.0. The summed E-state index contributed by atoms with van der Waals surface area (Å²) in [4.78, 5) is 4.76. The largest absolute Gasteiger partial charge is 0.497 e. The van der Waals surface area contributed by atoms with Gasteiger partial charge in [-0.2, -0.15) is 4.52 Å². The van der Waals surface area contributed by atoms with Crippen molar-refractivity contribution in [3.05, 3.63) is 65.5 Å². The lowest BCUT2D eigenvalue weighted by Gasteiger charge is -2.09. The van der Waals surface area contributed by atoms with Crippen LogP contribution in [0, 0.1) is 6.92 Å². The Hall–Kier alpha value is -3.50. The van der Waals surface area contributed by atoms with E-state index in [1.165, 1.54) is 15.9 Å². The second-order valence-corrected chi connectivity index (χ2v) is 9.68. The van der Waals surface area contributed by atoms with E-state index in [-0.39, 0.29) is 15.6 Å². The fourth-order valence-electron chi connectivity index (χ4n) is 3.22. The lowest BCUT2D eigenvalue weighted by molar-refractivity contribution is 0.415. The van der Waals surface area contributed by atoms with Gasteiger partial charge in [0.2, 0.25) is 14.9 Å². The molecule has 5 rings (SSSR count). The number of methoxy groups -OCH3 is 1. The fourth-order valence-corrected chi connectivity index (χ4v) is 5.27. The van der Waals surface area contributed by atoms with Crippen molar-refractivity contribution in [2.45, 2.75) is 16.8 Å². The highest BCUT2D eigenvalue weighted by Gasteiger charge is 2.27. The summed E-state index contributed by atoms with van der Waals surface area (Å²) in [6.07, 6.45) is 0. The quantitative estimate of drug-likeness (QED) is 0.427. The number of aromatic nitrogens is 4. The molecule has 0 aliphatic carbocycles. The van der Waals surface area contributed by atoms with E-state index in [4.69, 9.17) is 4.74 Å². The van der Waals surface area contributed by atoms with E-state index in [9.17, 15) is 8.42 Å². The van der Waals surface area contributed by atoms with Gasteiger partial charge in [0, 0.05) is 5.69 Å². The molecule has 0 aliphatic heterocycles. The number of sulfone groups is 1. The Kier molecular flexibility index (Phi) is 4.60. The lowest BCUT2D eigenvalue weighted by atomic mass is 10.2. The first kappa shape index (κ1) is 19.5. The number of rotatable bonds is 5. The first-order valence-corrected chi connectivity index (χ1v) is 11.7. The monoisotopic (exact) mass is 451 g/mol. The number of nitrogens with one attached hydrogen (secondary N) is 1. The molecule has 0 bridgehead atoms. The first-order valence-electron chi connectivity index (χ1n) is 9.33. The van der Waals surface area contributed by atoms with Gasteiger partial charge in [-0.1, -0.05) is 22.9 Å². The standard InChI is InChI=1S/C21H17N5O3S2/c1-13-3-9-16(10-4-13)31(27,28)21-20-23-19(22-14-5-7-15(29-2)8-6-14)18-17(11-12-30-18)26(20)25-24-21/h3-12H,1-2H3,(H,22,23). The van der Waals surface area contributed by atoms with Gasteiger partial charge in [0.05, 0.1) is 22.2 Å². The normalized spacial score (nSPS) is 11.8. The highest BCUT2D eigenvalue weighted by Crippen LogP contribution is 2.33. The molecular formula is C21H17N5O3S2. The van der Waals surface area contributed by atoms with Crippen LogP contribution in [0.25, 0.3) is 15.9 Å². The molecule has 1 N–H and O–H groups in total. The Morgan fingerprint density at radius 1 is 1.03 bits per heavy atom. The number of thiophene rings is 1. The number of anilines is 2. The van der Waals surface area contributed by atoms with Crippen LogP contribution >= 0.6 is 11.3 Å². The van der Waals surface area contributed by atoms with Crippen LogP contribution in [0.4, 0.5) is 11.5 Å². The molecule has 10 heteroatoms. The van der Waals surface area contributed by atoms with Gasteiger partial charge in [0.25, 0.3) is 0 Å². The summed E-state index contributed by atoms with van der Waals surface area (Å²) in [6.45, 7) is 1.90. The van der Waals surface area contributed by atoms with Crippen molar-refractivity contribution >= 4 is 48.5 Å². The minimum Gasteiger partial charge on any atom is -0.497 e. The van der Waals surface area contributed by atoms with Gasteiger partial charge in [-0.15, -0.1) is 16.4 Å². The summed E-state index contributed by atoms with van der Waals surface area (Å²) >= 11 is 1.48. The molecule has 31 heavy (non-hydrogen) atoms. The predicted octanol–water partition coefficient (Wildman–Crippen LogP) is 4.23. The van der Waals surface area contributed by atoms with Crippen LogP contribution in [0.2, 0.25) is 0 Å². The van der Waals surface area contributed by atoms with Crippen LogP contribution in [0.1, 0.15) is 5.56 Å². The molecule has 0 unspecified atom stereocenters. The van der Waals surface area contributed by atoms with Crippen LogP contribution in [0.5, 0.6) is 5.75 Å². The molecule has 5 aromatic rings. The smallest absolute Gasteiger partial charge is 0.229 e. The predicted molar refractivity (Wildman–Crippen MR) is 119 cm³/mol. The Bertz CT molecular complexity index is 1510. The molecule has 3 aromatic heterocycles. The molecule has 0 saturated carbocycles. The Balaban J connectivity index is 1.67. The first-order chi connectivity index (χ1) is 15.0. The topological polar surface area (TPSA) is 98.5 Å². The van der Waals surface area contributed by atoms with Gasteiger partial charge in [0.15, 0.2) is 11.5 Å². The molecule has 0 radical (unpaired) electrons. The summed E-state index contributed by atoms with van der Waals surface area (Å²) in [7, 11) is -2.28. The van der Waals surface area contributed by atoms with Crippen LogP contribution in [-0.2, 0) is 9.84 Å². The van der Waals surface area contributed by atoms with E-state index in [1.807, 2.05) is 42.6 Å². The van der Waals surface area contributed by atoms with Gasteiger partial charge in [-0.3, -0.25) is 0 Å². The highest BCUT2D eigenvalue weighted by molar-refractivity contribution is 7.91. The molecule has 3 heterocycles.